The lowest BCUT2D eigenvalue weighted by Gasteiger charge is -2.28. The molecular formula is C56H41NO. The normalized spacial score (nSPS) is 14.5. The van der Waals surface area contributed by atoms with Crippen LogP contribution in [0.15, 0.2) is 180 Å². The van der Waals surface area contributed by atoms with Crippen LogP contribution in [0.4, 0.5) is 17.1 Å². The van der Waals surface area contributed by atoms with E-state index in [-0.39, 0.29) is 10.8 Å². The summed E-state index contributed by atoms with van der Waals surface area (Å²) in [7, 11) is 0. The second-order valence-corrected chi connectivity index (χ2v) is 17.4. The molecule has 0 aliphatic heterocycles. The van der Waals surface area contributed by atoms with Crippen LogP contribution in [0.1, 0.15) is 49.9 Å². The van der Waals surface area contributed by atoms with Crippen molar-refractivity contribution in [3.8, 4) is 33.4 Å². The molecule has 0 N–H and O–H groups in total. The number of hydrogen-bond acceptors (Lipinski definition) is 2. The monoisotopic (exact) mass is 743 g/mol. The van der Waals surface area contributed by atoms with E-state index in [0.29, 0.717) is 0 Å². The van der Waals surface area contributed by atoms with Gasteiger partial charge in [0.1, 0.15) is 11.2 Å². The largest absolute Gasteiger partial charge is 0.456 e. The van der Waals surface area contributed by atoms with Crippen molar-refractivity contribution in [1.82, 2.24) is 0 Å². The van der Waals surface area contributed by atoms with Crippen LogP contribution in [-0.2, 0) is 10.8 Å². The Balaban J connectivity index is 0.962. The number of furan rings is 1. The van der Waals surface area contributed by atoms with Gasteiger partial charge in [0.2, 0.25) is 0 Å². The van der Waals surface area contributed by atoms with Gasteiger partial charge < -0.3 is 9.32 Å². The van der Waals surface area contributed by atoms with Crippen LogP contribution >= 0.6 is 0 Å². The van der Waals surface area contributed by atoms with E-state index in [1.807, 2.05) is 6.07 Å². The van der Waals surface area contributed by atoms with Gasteiger partial charge in [-0.25, -0.2) is 0 Å². The Hall–Kier alpha value is -6.90. The summed E-state index contributed by atoms with van der Waals surface area (Å²) in [6.45, 7) is 9.41. The van der Waals surface area contributed by atoms with Gasteiger partial charge in [-0.15, -0.1) is 0 Å². The van der Waals surface area contributed by atoms with Crippen molar-refractivity contribution in [3.05, 3.63) is 198 Å². The second kappa shape index (κ2) is 11.8. The average molecular weight is 744 g/mol. The minimum atomic E-state index is -0.160. The first kappa shape index (κ1) is 33.3. The predicted molar refractivity (Wildman–Crippen MR) is 244 cm³/mol. The summed E-state index contributed by atoms with van der Waals surface area (Å²) in [5.74, 6) is 0. The van der Waals surface area contributed by atoms with E-state index in [1.54, 1.807) is 0 Å². The smallest absolute Gasteiger partial charge is 0.135 e. The SMILES string of the molecule is CC1(C)c2ccccc2-c2ccc(N(c3ccc(-c4ccc5c(c4)C(C)(C)c4cc6oc7ccccc7c6cc4-5)cc3)c3ccc4c(ccc5ccccc54)c3)cc21. The van der Waals surface area contributed by atoms with Crippen molar-refractivity contribution < 1.29 is 4.42 Å². The van der Waals surface area contributed by atoms with Crippen molar-refractivity contribution in [2.45, 2.75) is 38.5 Å². The highest BCUT2D eigenvalue weighted by Crippen LogP contribution is 2.53. The molecule has 12 rings (SSSR count). The summed E-state index contributed by atoms with van der Waals surface area (Å²) in [5.41, 5.74) is 18.2. The number of anilines is 3. The Morgan fingerprint density at radius 3 is 1.81 bits per heavy atom. The Morgan fingerprint density at radius 2 is 0.931 bits per heavy atom. The van der Waals surface area contributed by atoms with Gasteiger partial charge in [0.05, 0.1) is 0 Å². The van der Waals surface area contributed by atoms with Crippen LogP contribution in [0.5, 0.6) is 0 Å². The molecule has 276 valence electrons. The van der Waals surface area contributed by atoms with Gasteiger partial charge >= 0.3 is 0 Å². The number of nitrogens with zero attached hydrogens (tertiary/aromatic N) is 1. The molecule has 0 amide bonds. The average Bonchev–Trinajstić information content (AvgIpc) is 3.82. The summed E-state index contributed by atoms with van der Waals surface area (Å²) in [4.78, 5) is 2.43. The molecule has 0 bridgehead atoms. The summed E-state index contributed by atoms with van der Waals surface area (Å²) < 4.78 is 6.34. The maximum absolute atomic E-state index is 6.34. The molecule has 58 heavy (non-hydrogen) atoms. The van der Waals surface area contributed by atoms with Crippen LogP contribution in [0.25, 0.3) is 76.9 Å². The van der Waals surface area contributed by atoms with E-state index in [4.69, 9.17) is 4.42 Å². The fourth-order valence-corrected chi connectivity index (χ4v) is 10.4. The van der Waals surface area contributed by atoms with Crippen molar-refractivity contribution in [2.75, 3.05) is 4.90 Å². The maximum atomic E-state index is 6.34. The molecule has 1 aromatic heterocycles. The first-order valence-corrected chi connectivity index (χ1v) is 20.4. The van der Waals surface area contributed by atoms with E-state index in [0.717, 1.165) is 28.2 Å². The van der Waals surface area contributed by atoms with Gasteiger partial charge in [-0.1, -0.05) is 143 Å². The maximum Gasteiger partial charge on any atom is 0.135 e. The lowest BCUT2D eigenvalue weighted by atomic mass is 9.81. The molecule has 2 nitrogen and oxygen atoms in total. The van der Waals surface area contributed by atoms with Gasteiger partial charge in [0.15, 0.2) is 0 Å². The van der Waals surface area contributed by atoms with Gasteiger partial charge in [0, 0.05) is 38.7 Å². The molecule has 0 radical (unpaired) electrons. The zero-order valence-corrected chi connectivity index (χ0v) is 33.1. The van der Waals surface area contributed by atoms with Crippen LogP contribution in [0, 0.1) is 0 Å². The summed E-state index contributed by atoms with van der Waals surface area (Å²) in [5, 5.41) is 7.39. The van der Waals surface area contributed by atoms with Crippen molar-refractivity contribution in [3.63, 3.8) is 0 Å². The minimum Gasteiger partial charge on any atom is -0.456 e. The predicted octanol–water partition coefficient (Wildman–Crippen LogP) is 15.6. The number of hydrogen-bond donors (Lipinski definition) is 0. The molecule has 2 heteroatoms. The van der Waals surface area contributed by atoms with Crippen LogP contribution in [0.3, 0.4) is 0 Å². The fourth-order valence-electron chi connectivity index (χ4n) is 10.4. The third-order valence-electron chi connectivity index (χ3n) is 13.4. The Bertz CT molecular complexity index is 3340. The highest BCUT2D eigenvalue weighted by atomic mass is 16.3. The van der Waals surface area contributed by atoms with Crippen LogP contribution in [-0.4, -0.2) is 0 Å². The Labute approximate surface area is 338 Å². The molecule has 0 saturated heterocycles. The van der Waals surface area contributed by atoms with Gasteiger partial charge in [-0.3, -0.25) is 0 Å². The number of para-hydroxylation sites is 1. The first-order chi connectivity index (χ1) is 28.2. The Morgan fingerprint density at radius 1 is 0.345 bits per heavy atom. The van der Waals surface area contributed by atoms with Crippen LogP contribution in [0.2, 0.25) is 0 Å². The van der Waals surface area contributed by atoms with Crippen molar-refractivity contribution in [2.24, 2.45) is 0 Å². The molecule has 0 spiro atoms. The molecule has 0 unspecified atom stereocenters. The highest BCUT2D eigenvalue weighted by Gasteiger charge is 2.37. The first-order valence-electron chi connectivity index (χ1n) is 20.4. The molecular weight excluding hydrogens is 703 g/mol. The molecule has 0 atom stereocenters. The molecule has 10 aromatic rings. The van der Waals surface area contributed by atoms with Gasteiger partial charge in [0.25, 0.3) is 0 Å². The zero-order valence-electron chi connectivity index (χ0n) is 33.1. The lowest BCUT2D eigenvalue weighted by molar-refractivity contribution is 0.647. The zero-order chi connectivity index (χ0) is 38.9. The lowest BCUT2D eigenvalue weighted by Crippen LogP contribution is -2.16. The third kappa shape index (κ3) is 4.66. The fraction of sp³-hybridized carbons (Fsp3) is 0.107. The van der Waals surface area contributed by atoms with Crippen molar-refractivity contribution in [1.29, 1.82) is 0 Å². The molecule has 2 aliphatic carbocycles. The van der Waals surface area contributed by atoms with Gasteiger partial charge in [-0.05, 0) is 138 Å². The van der Waals surface area contributed by atoms with Gasteiger partial charge in [-0.2, -0.15) is 0 Å². The summed E-state index contributed by atoms with van der Waals surface area (Å²) in [6.07, 6.45) is 0. The quantitative estimate of drug-likeness (QED) is 0.167. The Kier molecular flexibility index (Phi) is 6.78. The van der Waals surface area contributed by atoms with Crippen LogP contribution < -0.4 is 4.90 Å². The summed E-state index contributed by atoms with van der Waals surface area (Å²) in [6, 6.07) is 65.2. The third-order valence-corrected chi connectivity index (χ3v) is 13.4. The molecule has 0 fully saturated rings. The number of rotatable bonds is 4. The highest BCUT2D eigenvalue weighted by molar-refractivity contribution is 6.09. The molecule has 1 heterocycles. The van der Waals surface area contributed by atoms with E-state index < -0.39 is 0 Å². The second-order valence-electron chi connectivity index (χ2n) is 17.4. The topological polar surface area (TPSA) is 16.4 Å². The number of benzene rings is 9. The minimum absolute atomic E-state index is 0.0988. The molecule has 0 saturated carbocycles. The number of fused-ring (bicyclic) bond motifs is 12. The standard InChI is InChI=1S/C56H41NO/c1-55(2)49-15-9-7-13-43(49)44-28-25-40(31-51(44)55)57(39-24-27-42-37(29-39)18-17-35-11-5-6-12-41(35)42)38-22-19-34(20-23-38)36-21-26-45-47-32-48-46-14-8-10-16-53(46)58-54(48)33-52(47)56(3,4)50(45)30-36/h5-33H,1-4H3. The van der Waals surface area contributed by atoms with E-state index in [1.165, 1.54) is 88.0 Å². The van der Waals surface area contributed by atoms with E-state index in [9.17, 15) is 0 Å². The van der Waals surface area contributed by atoms with Crippen molar-refractivity contribution >= 4 is 60.5 Å². The van der Waals surface area contributed by atoms with E-state index >= 15 is 0 Å². The molecule has 9 aromatic carbocycles. The molecule has 2 aliphatic rings. The summed E-state index contributed by atoms with van der Waals surface area (Å²) >= 11 is 0. The van der Waals surface area contributed by atoms with E-state index in [2.05, 4.69) is 202 Å².